The maximum Gasteiger partial charge on any atom is 0.248 e. The van der Waals surface area contributed by atoms with Gasteiger partial charge in [0, 0.05) is 92.6 Å². The van der Waals surface area contributed by atoms with Gasteiger partial charge in [-0.3, -0.25) is 19.7 Å². The summed E-state index contributed by atoms with van der Waals surface area (Å²) in [6.07, 6.45) is 8.92. The van der Waals surface area contributed by atoms with E-state index >= 15 is 0 Å². The lowest BCUT2D eigenvalue weighted by Gasteiger charge is -2.49. The molecule has 0 aromatic heterocycles. The number of aliphatic hydroxyl groups excluding tert-OH is 1. The van der Waals surface area contributed by atoms with Gasteiger partial charge < -0.3 is 68.7 Å². The molecule has 5 saturated heterocycles. The van der Waals surface area contributed by atoms with E-state index in [1.807, 2.05) is 11.9 Å². The van der Waals surface area contributed by atoms with E-state index in [1.54, 1.807) is 14.1 Å². The number of hydrogen-bond donors (Lipinski definition) is 4. The summed E-state index contributed by atoms with van der Waals surface area (Å²) in [5.41, 5.74) is 0. The Morgan fingerprint density at radius 2 is 1.33 bits per heavy atom. The van der Waals surface area contributed by atoms with Crippen LogP contribution in [0.15, 0.2) is 0 Å². The smallest absolute Gasteiger partial charge is 0.248 e. The molecule has 0 spiro atoms. The Labute approximate surface area is 422 Å². The Bertz CT molecular complexity index is 1460. The Hall–Kier alpha value is -2.07. The van der Waals surface area contributed by atoms with E-state index < -0.39 is 6.23 Å². The van der Waals surface area contributed by atoms with Gasteiger partial charge in [0.15, 0.2) is 0 Å². The summed E-state index contributed by atoms with van der Waals surface area (Å²) in [7, 11) is 5.16. The molecule has 18 nitrogen and oxygen atoms in total. The molecule has 5 fully saturated rings. The molecule has 4 N–H and O–H groups in total. The maximum absolute atomic E-state index is 13.7. The number of ether oxygens (including phenoxy) is 6. The van der Waals surface area contributed by atoms with Gasteiger partial charge in [0.25, 0.3) is 0 Å². The fourth-order valence-corrected chi connectivity index (χ4v) is 11.7. The van der Waals surface area contributed by atoms with Crippen LogP contribution >= 0.6 is 0 Å². The molecule has 0 aliphatic carbocycles. The first-order valence-corrected chi connectivity index (χ1v) is 27.5. The molecule has 5 aliphatic rings. The van der Waals surface area contributed by atoms with Gasteiger partial charge in [0.1, 0.15) is 19.4 Å². The van der Waals surface area contributed by atoms with Crippen LogP contribution < -0.4 is 16.0 Å². The second-order valence-corrected chi connectivity index (χ2v) is 21.2. The standard InChI is InChI=1S/C52H98N8O10/c1-41-11-18-57-17-8-10-25-69-39-51(63)55-48-14-21-58(16-7-6-9-24-68-38-50(62)54-4)37-47(48)46-36-60(23-28-66-30-29-65-26-15-49(61)53-3)20-13-43(46)33-56(5)52(64)40-70-32-31-67-27-22-59-19-12-42(2)45(35-59)44(41)34-57/h41-48,51,55,63H,6-40H2,1-5H3,(H,53,61)(H,54,62)/t41-,42+,43?,44?,45?,46?,47?,48?,51?/m1/s1. The van der Waals surface area contributed by atoms with E-state index in [2.05, 4.69) is 49.4 Å². The lowest BCUT2D eigenvalue weighted by Crippen LogP contribution is -2.59. The molecule has 4 bridgehead atoms. The third kappa shape index (κ3) is 21.4. The van der Waals surface area contributed by atoms with E-state index in [1.165, 1.54) is 25.9 Å². The van der Waals surface area contributed by atoms with Crippen molar-refractivity contribution in [2.75, 3.05) is 186 Å². The average Bonchev–Trinajstić information content (AvgIpc) is 3.36. The van der Waals surface area contributed by atoms with Crippen molar-refractivity contribution in [2.45, 2.75) is 90.3 Å². The Morgan fingerprint density at radius 1 is 0.643 bits per heavy atom. The molecule has 5 aliphatic heterocycles. The molecule has 0 saturated carbocycles. The minimum absolute atomic E-state index is 0.0175. The van der Waals surface area contributed by atoms with Gasteiger partial charge in [-0.15, -0.1) is 0 Å². The molecule has 406 valence electrons. The molecule has 9 unspecified atom stereocenters. The van der Waals surface area contributed by atoms with E-state index in [-0.39, 0.29) is 61.3 Å². The van der Waals surface area contributed by atoms with E-state index in [9.17, 15) is 19.5 Å². The van der Waals surface area contributed by atoms with Gasteiger partial charge >= 0.3 is 0 Å². The second-order valence-electron chi connectivity index (χ2n) is 21.2. The van der Waals surface area contributed by atoms with Crippen LogP contribution in [0.2, 0.25) is 0 Å². The van der Waals surface area contributed by atoms with Crippen molar-refractivity contribution in [3.8, 4) is 0 Å². The van der Waals surface area contributed by atoms with Crippen LogP contribution in [-0.2, 0) is 42.8 Å². The molecule has 0 aromatic carbocycles. The lowest BCUT2D eigenvalue weighted by atomic mass is 9.70. The summed E-state index contributed by atoms with van der Waals surface area (Å²) in [6, 6.07) is 0.0770. The normalized spacial score (nSPS) is 32.5. The molecular formula is C52H98N8O10. The average molecular weight is 995 g/mol. The number of nitrogens with zero attached hydrogens (tertiary/aromatic N) is 5. The number of likely N-dealkylation sites (tertiary alicyclic amines) is 2. The summed E-state index contributed by atoms with van der Waals surface area (Å²) >= 11 is 0. The largest absolute Gasteiger partial charge is 0.379 e. The van der Waals surface area contributed by atoms with Gasteiger partial charge in [0.2, 0.25) is 17.7 Å². The number of fused-ring (bicyclic) bond motifs is 8. The zero-order valence-electron chi connectivity index (χ0n) is 44.3. The number of rotatable bonds is 17. The molecule has 0 radical (unpaired) electrons. The van der Waals surface area contributed by atoms with Crippen LogP contribution in [-0.4, -0.2) is 245 Å². The summed E-state index contributed by atoms with van der Waals surface area (Å²) in [4.78, 5) is 49.1. The number of carbonyl (C=O) groups is 3. The van der Waals surface area contributed by atoms with Gasteiger partial charge in [-0.1, -0.05) is 13.8 Å². The number of piperidine rings is 4. The molecule has 0 aromatic rings. The first-order chi connectivity index (χ1) is 34.0. The van der Waals surface area contributed by atoms with Crippen LogP contribution in [0.3, 0.4) is 0 Å². The maximum atomic E-state index is 13.7. The van der Waals surface area contributed by atoms with Crippen molar-refractivity contribution in [3.63, 3.8) is 0 Å². The summed E-state index contributed by atoms with van der Waals surface area (Å²) in [5, 5.41) is 20.4. The zero-order chi connectivity index (χ0) is 49.9. The number of carbonyl (C=O) groups excluding carboxylic acids is 3. The second kappa shape index (κ2) is 33.7. The first kappa shape index (κ1) is 58.8. The minimum atomic E-state index is -0.780. The van der Waals surface area contributed by atoms with Crippen molar-refractivity contribution in [2.24, 2.45) is 41.4 Å². The van der Waals surface area contributed by atoms with Crippen LogP contribution in [0.1, 0.15) is 78.1 Å². The lowest BCUT2D eigenvalue weighted by molar-refractivity contribution is -0.137. The number of unbranched alkanes of at least 4 members (excludes halogenated alkanes) is 2. The van der Waals surface area contributed by atoms with Crippen molar-refractivity contribution in [1.29, 1.82) is 0 Å². The number of nitrogens with one attached hydrogen (secondary N) is 3. The Morgan fingerprint density at radius 3 is 2.09 bits per heavy atom. The van der Waals surface area contributed by atoms with Gasteiger partial charge in [0.05, 0.1) is 52.9 Å². The van der Waals surface area contributed by atoms with Crippen LogP contribution in [0.5, 0.6) is 0 Å². The highest BCUT2D eigenvalue weighted by Gasteiger charge is 2.43. The highest BCUT2D eigenvalue weighted by atomic mass is 16.5. The van der Waals surface area contributed by atoms with Crippen molar-refractivity contribution >= 4 is 17.7 Å². The minimum Gasteiger partial charge on any atom is -0.379 e. The van der Waals surface area contributed by atoms with Gasteiger partial charge in [-0.2, -0.15) is 0 Å². The predicted octanol–water partition coefficient (Wildman–Crippen LogP) is 1.84. The number of hydrogen-bond acceptors (Lipinski definition) is 15. The topological polar surface area (TPSA) is 179 Å². The zero-order valence-corrected chi connectivity index (χ0v) is 44.3. The quantitative estimate of drug-likeness (QED) is 0.155. The predicted molar refractivity (Wildman–Crippen MR) is 271 cm³/mol. The van der Waals surface area contributed by atoms with Crippen LogP contribution in [0, 0.1) is 41.4 Å². The molecule has 18 heteroatoms. The van der Waals surface area contributed by atoms with Crippen molar-refractivity contribution < 1.29 is 47.9 Å². The molecule has 5 heterocycles. The highest BCUT2D eigenvalue weighted by Crippen LogP contribution is 2.38. The molecule has 5 rings (SSSR count). The van der Waals surface area contributed by atoms with E-state index in [4.69, 9.17) is 28.4 Å². The Balaban J connectivity index is 1.23. The number of amides is 3. The molecule has 70 heavy (non-hydrogen) atoms. The molecular weight excluding hydrogens is 897 g/mol. The molecule has 3 amide bonds. The fraction of sp³-hybridized carbons (Fsp3) is 0.942. The third-order valence-electron chi connectivity index (χ3n) is 16.2. The number of likely N-dealkylation sites (N-methyl/N-ethyl adjacent to an activating group) is 2. The third-order valence-corrected chi connectivity index (χ3v) is 16.2. The van der Waals surface area contributed by atoms with E-state index in [0.29, 0.717) is 84.3 Å². The van der Waals surface area contributed by atoms with Gasteiger partial charge in [-0.05, 0) is 138 Å². The summed E-state index contributed by atoms with van der Waals surface area (Å²) < 4.78 is 35.4. The summed E-state index contributed by atoms with van der Waals surface area (Å²) in [6.45, 7) is 22.5. The van der Waals surface area contributed by atoms with E-state index in [0.717, 1.165) is 122 Å². The van der Waals surface area contributed by atoms with Crippen LogP contribution in [0.4, 0.5) is 0 Å². The monoisotopic (exact) mass is 995 g/mol. The van der Waals surface area contributed by atoms with Crippen LogP contribution in [0.25, 0.3) is 0 Å². The Kier molecular flexibility index (Phi) is 28.3. The first-order valence-electron chi connectivity index (χ1n) is 27.5. The fourth-order valence-electron chi connectivity index (χ4n) is 11.7. The van der Waals surface area contributed by atoms with Gasteiger partial charge in [-0.25, -0.2) is 0 Å². The van der Waals surface area contributed by atoms with Crippen molar-refractivity contribution in [1.82, 2.24) is 40.4 Å². The van der Waals surface area contributed by atoms with Crippen molar-refractivity contribution in [3.05, 3.63) is 0 Å². The highest BCUT2D eigenvalue weighted by molar-refractivity contribution is 5.77. The SMILES string of the molecule is CNC(=O)CCOCCOCCN1CCC2CN(C)C(=O)COCCOCCN3CC[C@H](C)C(C3)C3CN(CCCCOCC(O)NC4CCN(CCCCCOCC(=O)NC)CC4C2C1)CC[C@H]3C. The number of aliphatic hydroxyl groups is 1. The summed E-state index contributed by atoms with van der Waals surface area (Å²) in [5.74, 6) is 3.42. The molecule has 11 atom stereocenters.